The van der Waals surface area contributed by atoms with Crippen LogP contribution in [0.1, 0.15) is 99.7 Å². The fraction of sp³-hybridized carbons (Fsp3) is 0.800. The van der Waals surface area contributed by atoms with Crippen molar-refractivity contribution in [3.63, 3.8) is 0 Å². The fourth-order valence-corrected chi connectivity index (χ4v) is 2.65. The summed E-state index contributed by atoms with van der Waals surface area (Å²) < 4.78 is 0. The van der Waals surface area contributed by atoms with Crippen molar-refractivity contribution in [2.24, 2.45) is 0 Å². The summed E-state index contributed by atoms with van der Waals surface area (Å²) in [4.78, 5) is 40.7. The molecule has 0 amide bonds. The molecule has 0 fully saturated rings. The average Bonchev–Trinajstić information content (AvgIpc) is 2.58. The third kappa shape index (κ3) is 22.9. The molecule has 0 saturated carbocycles. The van der Waals surface area contributed by atoms with Crippen molar-refractivity contribution in [3.8, 4) is 0 Å². The Bertz CT molecular complexity index is 489. The molecule has 0 bridgehead atoms. The van der Waals surface area contributed by atoms with Crippen LogP contribution in [0.5, 0.6) is 0 Å². The van der Waals surface area contributed by atoms with Crippen LogP contribution < -0.4 is 0 Å². The minimum absolute atomic E-state index is 0. The van der Waals surface area contributed by atoms with E-state index in [1.54, 1.807) is 0 Å². The Hall–Kier alpha value is -1.39. The van der Waals surface area contributed by atoms with Gasteiger partial charge in [0.1, 0.15) is 0 Å². The van der Waals surface area contributed by atoms with Crippen LogP contribution in [0.25, 0.3) is 0 Å². The summed E-state index contributed by atoms with van der Waals surface area (Å²) in [5, 5.41) is 42.3. The first-order chi connectivity index (χ1) is 13.5. The summed E-state index contributed by atoms with van der Waals surface area (Å²) in [5.74, 6) is -5.68. The van der Waals surface area contributed by atoms with Gasteiger partial charge in [-0.15, -0.1) is 0 Å². The molecule has 0 saturated heterocycles. The number of rotatable bonds is 17. The van der Waals surface area contributed by atoms with Crippen molar-refractivity contribution in [1.82, 2.24) is 0 Å². The Labute approximate surface area is 197 Å². The second kappa shape index (κ2) is 20.9. The SMILES string of the molecule is CCCCCCCCCCCCCC(=O)O.O=C(O)CC(O)(CC(=O)O)C(=O)O.[H-].[H-].[Mg+2]. The van der Waals surface area contributed by atoms with E-state index in [2.05, 4.69) is 6.92 Å². The van der Waals surface area contributed by atoms with Crippen molar-refractivity contribution in [1.29, 1.82) is 0 Å². The van der Waals surface area contributed by atoms with Gasteiger partial charge in [0.05, 0.1) is 12.8 Å². The monoisotopic (exact) mass is 446 g/mol. The molecule has 0 unspecified atom stereocenters. The molecule has 174 valence electrons. The minimum Gasteiger partial charge on any atom is -1.00 e. The van der Waals surface area contributed by atoms with Gasteiger partial charge in [-0.1, -0.05) is 71.1 Å². The second-order valence-electron chi connectivity index (χ2n) is 7.16. The zero-order valence-electron chi connectivity index (χ0n) is 20.0. The average molecular weight is 447 g/mol. The van der Waals surface area contributed by atoms with Crippen LogP contribution in [0.15, 0.2) is 0 Å². The van der Waals surface area contributed by atoms with Crippen LogP contribution in [0.4, 0.5) is 0 Å². The van der Waals surface area contributed by atoms with E-state index in [0.717, 1.165) is 12.8 Å². The molecule has 0 radical (unpaired) electrons. The Morgan fingerprint density at radius 3 is 1.23 bits per heavy atom. The summed E-state index contributed by atoms with van der Waals surface area (Å²) in [5.41, 5.74) is -2.74. The molecular formula is C20H38MgO9. The van der Waals surface area contributed by atoms with E-state index in [0.29, 0.717) is 6.42 Å². The molecule has 0 aliphatic rings. The van der Waals surface area contributed by atoms with Gasteiger partial charge >= 0.3 is 46.9 Å². The van der Waals surface area contributed by atoms with E-state index in [1.165, 1.54) is 57.8 Å². The molecule has 0 aromatic heterocycles. The minimum atomic E-state index is -2.74. The topological polar surface area (TPSA) is 169 Å². The van der Waals surface area contributed by atoms with Crippen molar-refractivity contribution in [2.45, 2.75) is 102 Å². The molecule has 30 heavy (non-hydrogen) atoms. The van der Waals surface area contributed by atoms with Crippen molar-refractivity contribution < 1.29 is 47.6 Å². The van der Waals surface area contributed by atoms with Gasteiger partial charge in [0.15, 0.2) is 5.60 Å². The first kappa shape index (κ1) is 33.2. The molecule has 0 aliphatic carbocycles. The number of aliphatic hydroxyl groups is 1. The van der Waals surface area contributed by atoms with E-state index in [9.17, 15) is 19.2 Å². The van der Waals surface area contributed by atoms with Crippen LogP contribution in [-0.2, 0) is 19.2 Å². The summed E-state index contributed by atoms with van der Waals surface area (Å²) >= 11 is 0. The first-order valence-corrected chi connectivity index (χ1v) is 10.2. The smallest absolute Gasteiger partial charge is 1.00 e. The Kier molecular flexibility index (Phi) is 23.1. The van der Waals surface area contributed by atoms with Crippen molar-refractivity contribution in [3.05, 3.63) is 0 Å². The van der Waals surface area contributed by atoms with Gasteiger partial charge < -0.3 is 28.4 Å². The molecule has 0 rings (SSSR count). The number of unbranched alkanes of at least 4 members (excludes halogenated alkanes) is 10. The van der Waals surface area contributed by atoms with E-state index < -0.39 is 42.3 Å². The Morgan fingerprint density at radius 1 is 0.633 bits per heavy atom. The molecule has 0 aliphatic heterocycles. The molecule has 10 heteroatoms. The van der Waals surface area contributed by atoms with Gasteiger partial charge in [-0.3, -0.25) is 14.4 Å². The van der Waals surface area contributed by atoms with Crippen LogP contribution in [0, 0.1) is 0 Å². The number of aliphatic carboxylic acids is 4. The number of carboxylic acid groups (broad SMARTS) is 4. The second-order valence-corrected chi connectivity index (χ2v) is 7.16. The molecule has 0 aromatic rings. The molecule has 0 atom stereocenters. The van der Waals surface area contributed by atoms with Gasteiger partial charge in [-0.2, -0.15) is 0 Å². The Morgan fingerprint density at radius 2 is 0.967 bits per heavy atom. The Balaban J connectivity index is -0.000000141. The fourth-order valence-electron chi connectivity index (χ4n) is 2.65. The summed E-state index contributed by atoms with van der Waals surface area (Å²) in [6.45, 7) is 2.25. The van der Waals surface area contributed by atoms with Gasteiger partial charge in [-0.05, 0) is 6.42 Å². The van der Waals surface area contributed by atoms with E-state index >= 15 is 0 Å². The zero-order valence-corrected chi connectivity index (χ0v) is 19.4. The summed E-state index contributed by atoms with van der Waals surface area (Å²) in [6, 6.07) is 0. The van der Waals surface area contributed by atoms with E-state index in [1.807, 2.05) is 0 Å². The predicted octanol–water partition coefficient (Wildman–Crippen LogP) is 3.37. The normalized spacial score (nSPS) is 10.3. The predicted molar refractivity (Wildman–Crippen MR) is 114 cm³/mol. The maximum atomic E-state index is 10.3. The number of hydrogen-bond donors (Lipinski definition) is 5. The molecule has 0 heterocycles. The quantitative estimate of drug-likeness (QED) is 0.166. The number of carbonyl (C=O) groups is 4. The molecule has 0 spiro atoms. The van der Waals surface area contributed by atoms with Crippen molar-refractivity contribution >= 4 is 46.9 Å². The largest absolute Gasteiger partial charge is 2.00 e. The number of hydrogen-bond acceptors (Lipinski definition) is 5. The summed E-state index contributed by atoms with van der Waals surface area (Å²) in [6.07, 6.45) is 12.1. The molecular weight excluding hydrogens is 409 g/mol. The van der Waals surface area contributed by atoms with Crippen LogP contribution in [0.3, 0.4) is 0 Å². The summed E-state index contributed by atoms with van der Waals surface area (Å²) in [7, 11) is 0. The zero-order chi connectivity index (χ0) is 22.7. The van der Waals surface area contributed by atoms with Crippen LogP contribution in [-0.4, -0.2) is 78.1 Å². The number of carboxylic acids is 4. The molecule has 0 aromatic carbocycles. The third-order valence-corrected chi connectivity index (χ3v) is 4.28. The van der Waals surface area contributed by atoms with E-state index in [4.69, 9.17) is 25.5 Å². The maximum Gasteiger partial charge on any atom is 2.00 e. The molecule has 5 N–H and O–H groups in total. The maximum absolute atomic E-state index is 10.3. The standard InChI is InChI=1S/C14H28O2.C6H8O7.Mg.2H/c1-2-3-4-5-6-7-8-9-10-11-12-13-14(15)16;7-3(8)1-6(13,5(11)12)2-4(9)10;;;/h2-13H2,1H3,(H,15,16);13H,1-2H2,(H,7,8)(H,9,10)(H,11,12);;;/q;;+2;2*-1. The van der Waals surface area contributed by atoms with Gasteiger partial charge in [0, 0.05) is 6.42 Å². The van der Waals surface area contributed by atoms with Crippen molar-refractivity contribution in [2.75, 3.05) is 0 Å². The van der Waals surface area contributed by atoms with Gasteiger partial charge in [0.25, 0.3) is 0 Å². The van der Waals surface area contributed by atoms with Gasteiger partial charge in [-0.25, -0.2) is 4.79 Å². The first-order valence-electron chi connectivity index (χ1n) is 10.2. The third-order valence-electron chi connectivity index (χ3n) is 4.28. The van der Waals surface area contributed by atoms with Crippen LogP contribution in [0.2, 0.25) is 0 Å². The van der Waals surface area contributed by atoms with Gasteiger partial charge in [0.2, 0.25) is 0 Å². The van der Waals surface area contributed by atoms with E-state index in [-0.39, 0.29) is 25.9 Å². The molecule has 9 nitrogen and oxygen atoms in total. The van der Waals surface area contributed by atoms with Crippen LogP contribution >= 0.6 is 0 Å².